The van der Waals surface area contributed by atoms with E-state index in [4.69, 9.17) is 0 Å². The van der Waals surface area contributed by atoms with E-state index in [1.54, 1.807) is 0 Å². The monoisotopic (exact) mass is 991 g/mol. The van der Waals surface area contributed by atoms with Crippen molar-refractivity contribution in [2.24, 2.45) is 40.9 Å². The van der Waals surface area contributed by atoms with E-state index in [1.807, 2.05) is 6.92 Å². The van der Waals surface area contributed by atoms with Gasteiger partial charge >= 0.3 is 11.9 Å². The Bertz CT molecular complexity index is 1820. The number of piperidine rings is 4. The van der Waals surface area contributed by atoms with Gasteiger partial charge in [-0.15, -0.1) is 0 Å². The molecular formula is C62H110N4O5. The highest BCUT2D eigenvalue weighted by Crippen LogP contribution is 2.61. The average Bonchev–Trinajstić information content (AvgIpc) is 3.18. The number of phenols is 1. The number of phenolic OH excluding ortho intramolecular Hbond substituents is 1. The van der Waals surface area contributed by atoms with Gasteiger partial charge in [0.15, 0.2) is 5.41 Å². The second-order valence-corrected chi connectivity index (χ2v) is 30.9. The zero-order chi connectivity index (χ0) is 54.6. The van der Waals surface area contributed by atoms with E-state index >= 15 is 0 Å². The van der Waals surface area contributed by atoms with Crippen LogP contribution in [0.4, 0.5) is 0 Å². The van der Waals surface area contributed by atoms with E-state index in [2.05, 4.69) is 198 Å². The van der Waals surface area contributed by atoms with Crippen molar-refractivity contribution in [3.8, 4) is 5.75 Å². The Morgan fingerprint density at radius 2 is 0.732 bits per heavy atom. The third-order valence-electron chi connectivity index (χ3n) is 21.9. The molecule has 4 fully saturated rings. The predicted octanol–water partition coefficient (Wildman–Crippen LogP) is 13.7. The minimum absolute atomic E-state index is 0.0385. The second kappa shape index (κ2) is 19.1. The van der Waals surface area contributed by atoms with Crippen molar-refractivity contribution in [3.05, 3.63) is 28.8 Å². The molecule has 9 heteroatoms. The summed E-state index contributed by atoms with van der Waals surface area (Å²) in [6.45, 7) is 49.9. The lowest BCUT2D eigenvalue weighted by atomic mass is 9.52. The third-order valence-corrected chi connectivity index (χ3v) is 21.9. The smallest absolute Gasteiger partial charge is 0.321 e. The van der Waals surface area contributed by atoms with Gasteiger partial charge in [-0.25, -0.2) is 0 Å². The van der Waals surface area contributed by atoms with E-state index < -0.39 is 28.2 Å². The molecule has 0 spiro atoms. The summed E-state index contributed by atoms with van der Waals surface area (Å²) in [6, 6.07) is 4.17. The molecule has 5 rings (SSSR count). The van der Waals surface area contributed by atoms with Crippen molar-refractivity contribution in [2.75, 3.05) is 28.2 Å². The number of carboxylic acids is 2. The number of aliphatic carboxylic acids is 2. The standard InChI is InChI=1S/C62H110N4O5/c1-26-27-28-62(50(68)69,51(70)71)31-40-29-45(60(18,19)47(41-32-52(2,3)63(22)53(4,5)33-41)42-34-54(6,7)64(23)55(8,9)35-42)49(67)46(30-40)61(20,21)48(43-36-56(10,11)65(24)57(12,13)37-43)44-38-58(14,15)66(25)59(16,17)39-44/h29-30,41-44,47-48,67H,26-28,31-39H2,1-25H3,(H,68,69)(H,70,71). The zero-order valence-electron chi connectivity index (χ0n) is 50.6. The van der Waals surface area contributed by atoms with Crippen LogP contribution in [-0.4, -0.2) is 119 Å². The van der Waals surface area contributed by atoms with Crippen LogP contribution in [0.5, 0.6) is 5.75 Å². The normalized spacial score (nSPS) is 26.0. The number of benzene rings is 1. The lowest BCUT2D eigenvalue weighted by molar-refractivity contribution is -0.165. The molecule has 4 heterocycles. The number of carboxylic acid groups (broad SMARTS) is 2. The van der Waals surface area contributed by atoms with Crippen molar-refractivity contribution >= 4 is 11.9 Å². The largest absolute Gasteiger partial charge is 0.507 e. The number of hydrogen-bond donors (Lipinski definition) is 3. The summed E-state index contributed by atoms with van der Waals surface area (Å²) in [5, 5.41) is 36.0. The summed E-state index contributed by atoms with van der Waals surface area (Å²) in [5.74, 6) is -0.724. The first-order valence-corrected chi connectivity index (χ1v) is 28.1. The number of likely N-dealkylation sites (tertiary alicyclic amines) is 4. The molecule has 0 aromatic heterocycles. The molecular weight excluding hydrogens is 881 g/mol. The molecule has 0 atom stereocenters. The molecule has 71 heavy (non-hydrogen) atoms. The quantitative estimate of drug-likeness (QED) is 0.148. The van der Waals surface area contributed by atoms with Gasteiger partial charge in [0.2, 0.25) is 0 Å². The Morgan fingerprint density at radius 3 is 0.930 bits per heavy atom. The first kappa shape index (κ1) is 59.7. The van der Waals surface area contributed by atoms with Gasteiger partial charge in [-0.3, -0.25) is 29.2 Å². The zero-order valence-corrected chi connectivity index (χ0v) is 50.6. The first-order chi connectivity index (χ1) is 31.8. The lowest BCUT2D eigenvalue weighted by Gasteiger charge is -2.61. The maximum absolute atomic E-state index is 13.9. The summed E-state index contributed by atoms with van der Waals surface area (Å²) in [6.07, 6.45) is 9.16. The van der Waals surface area contributed by atoms with Crippen LogP contribution in [0, 0.1) is 40.9 Å². The first-order valence-electron chi connectivity index (χ1n) is 28.1. The number of unbranched alkanes of at least 4 members (excludes halogenated alkanes) is 1. The van der Waals surface area contributed by atoms with Crippen molar-refractivity contribution in [1.82, 2.24) is 19.6 Å². The van der Waals surface area contributed by atoms with Crippen molar-refractivity contribution in [3.63, 3.8) is 0 Å². The topological polar surface area (TPSA) is 108 Å². The van der Waals surface area contributed by atoms with Gasteiger partial charge in [-0.1, -0.05) is 59.6 Å². The van der Waals surface area contributed by atoms with Gasteiger partial charge in [0.1, 0.15) is 5.75 Å². The highest BCUT2D eigenvalue weighted by atomic mass is 16.4. The predicted molar refractivity (Wildman–Crippen MR) is 297 cm³/mol. The minimum Gasteiger partial charge on any atom is -0.507 e. The Hall–Kier alpha value is -2.20. The second-order valence-electron chi connectivity index (χ2n) is 30.9. The maximum Gasteiger partial charge on any atom is 0.321 e. The molecule has 408 valence electrons. The van der Waals surface area contributed by atoms with Crippen LogP contribution in [0.15, 0.2) is 12.1 Å². The van der Waals surface area contributed by atoms with Crippen LogP contribution in [0.3, 0.4) is 0 Å². The number of carbonyl (C=O) groups is 2. The van der Waals surface area contributed by atoms with E-state index in [9.17, 15) is 24.9 Å². The third kappa shape index (κ3) is 10.9. The SMILES string of the molecule is CCCCC(Cc1cc(C(C)(C)C(C2CC(C)(C)N(C)C(C)(C)C2)C2CC(C)(C)N(C)C(C)(C)C2)c(O)c(C(C)(C)C(C2CC(C)(C)N(C)C(C)(C)C2)C2CC(C)(C)N(C)C(C)(C)C2)c1)(C(=O)O)C(=O)O. The van der Waals surface area contributed by atoms with Crippen LogP contribution < -0.4 is 0 Å². The van der Waals surface area contributed by atoms with E-state index in [0.29, 0.717) is 47.8 Å². The molecule has 1 aromatic rings. The van der Waals surface area contributed by atoms with Crippen molar-refractivity contribution in [2.45, 2.75) is 278 Å². The molecule has 0 radical (unpaired) electrons. The Kier molecular flexibility index (Phi) is 16.1. The highest BCUT2D eigenvalue weighted by Gasteiger charge is 2.58. The fourth-order valence-corrected chi connectivity index (χ4v) is 17.4. The Labute approximate surface area is 436 Å². The summed E-state index contributed by atoms with van der Waals surface area (Å²) < 4.78 is 0. The average molecular weight is 992 g/mol. The van der Waals surface area contributed by atoms with Gasteiger partial charge < -0.3 is 15.3 Å². The molecule has 0 unspecified atom stereocenters. The van der Waals surface area contributed by atoms with Gasteiger partial charge in [0.25, 0.3) is 0 Å². The summed E-state index contributed by atoms with van der Waals surface area (Å²) in [5.41, 5.74) is -1.42. The Morgan fingerprint density at radius 1 is 0.507 bits per heavy atom. The fourth-order valence-electron chi connectivity index (χ4n) is 17.4. The number of rotatable bonds is 15. The summed E-state index contributed by atoms with van der Waals surface area (Å²) >= 11 is 0. The van der Waals surface area contributed by atoms with Gasteiger partial charge in [0, 0.05) is 55.4 Å². The van der Waals surface area contributed by atoms with Crippen LogP contribution in [0.25, 0.3) is 0 Å². The van der Waals surface area contributed by atoms with Crippen LogP contribution >= 0.6 is 0 Å². The van der Waals surface area contributed by atoms with Crippen molar-refractivity contribution < 1.29 is 24.9 Å². The van der Waals surface area contributed by atoms with Crippen molar-refractivity contribution in [1.29, 1.82) is 0 Å². The summed E-state index contributed by atoms with van der Waals surface area (Å²) in [4.78, 5) is 37.5. The fraction of sp³-hybridized carbons (Fsp3) is 0.871. The van der Waals surface area contributed by atoms with Gasteiger partial charge in [0.05, 0.1) is 0 Å². The molecule has 0 aliphatic carbocycles. The highest BCUT2D eigenvalue weighted by molar-refractivity contribution is 5.98. The molecule has 0 amide bonds. The molecule has 0 saturated carbocycles. The number of aromatic hydroxyl groups is 1. The Balaban J connectivity index is 1.91. The van der Waals surface area contributed by atoms with Gasteiger partial charge in [-0.2, -0.15) is 0 Å². The van der Waals surface area contributed by atoms with Gasteiger partial charge in [-0.05, 0) is 255 Å². The molecule has 4 aliphatic heterocycles. The van der Waals surface area contributed by atoms with E-state index in [0.717, 1.165) is 62.5 Å². The van der Waals surface area contributed by atoms with Crippen LogP contribution in [0.2, 0.25) is 0 Å². The molecule has 4 aliphatic rings. The lowest BCUT2D eigenvalue weighted by Crippen LogP contribution is -2.63. The van der Waals surface area contributed by atoms with E-state index in [-0.39, 0.29) is 69.0 Å². The van der Waals surface area contributed by atoms with Crippen LogP contribution in [0.1, 0.15) is 233 Å². The number of nitrogens with zero attached hydrogens (tertiary/aromatic N) is 4. The van der Waals surface area contributed by atoms with E-state index in [1.165, 1.54) is 0 Å². The molecule has 1 aromatic carbocycles. The minimum atomic E-state index is -2.01. The molecule has 3 N–H and O–H groups in total. The maximum atomic E-state index is 13.9. The van der Waals surface area contributed by atoms with Crippen LogP contribution in [-0.2, 0) is 26.8 Å². The number of hydrogen-bond acceptors (Lipinski definition) is 7. The summed E-state index contributed by atoms with van der Waals surface area (Å²) in [7, 11) is 9.14. The molecule has 9 nitrogen and oxygen atoms in total. The molecule has 4 saturated heterocycles. The molecule has 0 bridgehead atoms.